The number of aliphatic hydroxyl groups excluding tert-OH is 1. The normalized spacial score (nSPS) is 11.9. The van der Waals surface area contributed by atoms with Gasteiger partial charge in [0.25, 0.3) is 0 Å². The number of hydrogen-bond acceptors (Lipinski definition) is 4. The molecule has 0 radical (unpaired) electrons. The van der Waals surface area contributed by atoms with Gasteiger partial charge in [-0.25, -0.2) is 0 Å². The van der Waals surface area contributed by atoms with Crippen molar-refractivity contribution in [3.63, 3.8) is 0 Å². The van der Waals surface area contributed by atoms with Crippen molar-refractivity contribution in [3.05, 3.63) is 53.9 Å². The van der Waals surface area contributed by atoms with Crippen LogP contribution in [0.4, 0.5) is 0 Å². The fraction of sp³-hybridized carbons (Fsp3) is 0.267. The number of pyridine rings is 1. The van der Waals surface area contributed by atoms with Crippen LogP contribution < -0.4 is 9.47 Å². The Balaban J connectivity index is 2.32. The molecule has 4 heteroatoms. The van der Waals surface area contributed by atoms with Gasteiger partial charge in [-0.2, -0.15) is 0 Å². The number of rotatable bonds is 5. The summed E-state index contributed by atoms with van der Waals surface area (Å²) in [5.41, 5.74) is 1.22. The van der Waals surface area contributed by atoms with Crippen LogP contribution in [-0.2, 0) is 0 Å². The van der Waals surface area contributed by atoms with Gasteiger partial charge in [-0.1, -0.05) is 12.1 Å². The number of nitrogens with zero attached hydrogens (tertiary/aromatic N) is 1. The minimum Gasteiger partial charge on any atom is -0.495 e. The molecule has 0 aliphatic rings. The minimum atomic E-state index is -0.837. The number of aliphatic hydroxyl groups is 1. The van der Waals surface area contributed by atoms with Crippen LogP contribution in [0.15, 0.2) is 42.6 Å². The average molecular weight is 259 g/mol. The molecule has 0 aliphatic heterocycles. The minimum absolute atomic E-state index is 0.499. The first kappa shape index (κ1) is 13.4. The lowest BCUT2D eigenvalue weighted by Crippen LogP contribution is -2.05. The first-order valence-corrected chi connectivity index (χ1v) is 6.16. The largest absolute Gasteiger partial charge is 0.495 e. The van der Waals surface area contributed by atoms with E-state index in [0.717, 1.165) is 11.3 Å². The molecular formula is C15H17NO3. The van der Waals surface area contributed by atoms with Crippen LogP contribution in [0.5, 0.6) is 11.5 Å². The third-order valence-corrected chi connectivity index (χ3v) is 2.76. The molecular weight excluding hydrogens is 242 g/mol. The van der Waals surface area contributed by atoms with Gasteiger partial charge in [-0.05, 0) is 36.8 Å². The lowest BCUT2D eigenvalue weighted by Gasteiger charge is -2.14. The maximum Gasteiger partial charge on any atom is 0.143 e. The smallest absolute Gasteiger partial charge is 0.143 e. The molecule has 0 saturated carbocycles. The van der Waals surface area contributed by atoms with Gasteiger partial charge >= 0.3 is 0 Å². The van der Waals surface area contributed by atoms with E-state index in [1.165, 1.54) is 0 Å². The predicted molar refractivity (Wildman–Crippen MR) is 72.5 cm³/mol. The second-order valence-electron chi connectivity index (χ2n) is 4.00. The standard InChI is InChI=1S/C15H17NO3/c1-3-19-12-7-4-6-11(10-12)15(17)14-13(18-2)8-5-9-16-14/h4-10,15,17H,3H2,1-2H3. The molecule has 100 valence electrons. The number of methoxy groups -OCH3 is 1. The van der Waals surface area contributed by atoms with E-state index in [1.54, 1.807) is 25.4 Å². The van der Waals surface area contributed by atoms with Crippen molar-refractivity contribution >= 4 is 0 Å². The summed E-state index contributed by atoms with van der Waals surface area (Å²) in [4.78, 5) is 4.19. The van der Waals surface area contributed by atoms with E-state index >= 15 is 0 Å². The number of benzene rings is 1. The van der Waals surface area contributed by atoms with Crippen molar-refractivity contribution in [1.29, 1.82) is 0 Å². The zero-order valence-electron chi connectivity index (χ0n) is 11.0. The monoisotopic (exact) mass is 259 g/mol. The van der Waals surface area contributed by atoms with Crippen molar-refractivity contribution in [3.8, 4) is 11.5 Å². The molecule has 1 aromatic heterocycles. The molecule has 0 bridgehead atoms. The second kappa shape index (κ2) is 6.20. The summed E-state index contributed by atoms with van der Waals surface area (Å²) >= 11 is 0. The molecule has 2 aromatic rings. The van der Waals surface area contributed by atoms with Crippen molar-refractivity contribution < 1.29 is 14.6 Å². The highest BCUT2D eigenvalue weighted by atomic mass is 16.5. The fourth-order valence-corrected chi connectivity index (χ4v) is 1.88. The van der Waals surface area contributed by atoms with Gasteiger partial charge in [-0.3, -0.25) is 4.98 Å². The van der Waals surface area contributed by atoms with Crippen molar-refractivity contribution in [1.82, 2.24) is 4.98 Å². The van der Waals surface area contributed by atoms with Gasteiger partial charge in [0.2, 0.25) is 0 Å². The lowest BCUT2D eigenvalue weighted by molar-refractivity contribution is 0.208. The van der Waals surface area contributed by atoms with Crippen LogP contribution in [0, 0.1) is 0 Å². The Hall–Kier alpha value is -2.07. The van der Waals surface area contributed by atoms with Crippen LogP contribution in [-0.4, -0.2) is 23.8 Å². The highest BCUT2D eigenvalue weighted by Crippen LogP contribution is 2.29. The molecule has 1 unspecified atom stereocenters. The van der Waals surface area contributed by atoms with Crippen molar-refractivity contribution in [2.45, 2.75) is 13.0 Å². The predicted octanol–water partition coefficient (Wildman–Crippen LogP) is 2.57. The first-order chi connectivity index (χ1) is 9.26. The SMILES string of the molecule is CCOc1cccc(C(O)c2ncccc2OC)c1. The van der Waals surface area contributed by atoms with E-state index < -0.39 is 6.10 Å². The Morgan fingerprint density at radius 3 is 2.84 bits per heavy atom. The Kier molecular flexibility index (Phi) is 4.36. The van der Waals surface area contributed by atoms with E-state index in [9.17, 15) is 5.11 Å². The summed E-state index contributed by atoms with van der Waals surface area (Å²) in [6.45, 7) is 2.51. The molecule has 0 fully saturated rings. The maximum absolute atomic E-state index is 10.4. The summed E-state index contributed by atoms with van der Waals surface area (Å²) < 4.78 is 10.6. The quantitative estimate of drug-likeness (QED) is 0.896. The van der Waals surface area contributed by atoms with E-state index in [4.69, 9.17) is 9.47 Å². The molecule has 0 aliphatic carbocycles. The molecule has 4 nitrogen and oxygen atoms in total. The molecule has 1 heterocycles. The van der Waals surface area contributed by atoms with Gasteiger partial charge in [0.1, 0.15) is 23.3 Å². The van der Waals surface area contributed by atoms with Gasteiger partial charge in [0.05, 0.1) is 13.7 Å². The molecule has 19 heavy (non-hydrogen) atoms. The van der Waals surface area contributed by atoms with E-state index in [-0.39, 0.29) is 0 Å². The van der Waals surface area contributed by atoms with Crippen LogP contribution in [0.2, 0.25) is 0 Å². The number of ether oxygens (including phenoxy) is 2. The topological polar surface area (TPSA) is 51.6 Å². The number of aromatic nitrogens is 1. The van der Waals surface area contributed by atoms with Crippen molar-refractivity contribution in [2.24, 2.45) is 0 Å². The zero-order chi connectivity index (χ0) is 13.7. The van der Waals surface area contributed by atoms with Gasteiger partial charge in [-0.15, -0.1) is 0 Å². The Bertz CT molecular complexity index is 542. The Morgan fingerprint density at radius 1 is 1.26 bits per heavy atom. The summed E-state index contributed by atoms with van der Waals surface area (Å²) in [7, 11) is 1.56. The molecule has 0 amide bonds. The number of hydrogen-bond donors (Lipinski definition) is 1. The summed E-state index contributed by atoms with van der Waals surface area (Å²) in [6, 6.07) is 10.9. The zero-order valence-corrected chi connectivity index (χ0v) is 11.0. The first-order valence-electron chi connectivity index (χ1n) is 6.16. The molecule has 1 aromatic carbocycles. The average Bonchev–Trinajstić information content (AvgIpc) is 2.47. The summed E-state index contributed by atoms with van der Waals surface area (Å²) in [5, 5.41) is 10.4. The van der Waals surface area contributed by atoms with Gasteiger partial charge in [0, 0.05) is 6.20 Å². The Labute approximate surface area is 112 Å². The highest BCUT2D eigenvalue weighted by molar-refractivity contribution is 5.38. The van der Waals surface area contributed by atoms with Gasteiger partial charge in [0.15, 0.2) is 0 Å². The third kappa shape index (κ3) is 3.03. The van der Waals surface area contributed by atoms with E-state index in [0.29, 0.717) is 18.1 Å². The fourth-order valence-electron chi connectivity index (χ4n) is 1.88. The molecule has 0 saturated heterocycles. The maximum atomic E-state index is 10.4. The molecule has 1 N–H and O–H groups in total. The summed E-state index contributed by atoms with van der Waals surface area (Å²) in [5.74, 6) is 1.30. The highest BCUT2D eigenvalue weighted by Gasteiger charge is 2.17. The van der Waals surface area contributed by atoms with E-state index in [2.05, 4.69) is 4.98 Å². The van der Waals surface area contributed by atoms with Crippen LogP contribution in [0.25, 0.3) is 0 Å². The summed E-state index contributed by atoms with van der Waals surface area (Å²) in [6.07, 6.45) is 0.796. The van der Waals surface area contributed by atoms with Crippen LogP contribution in [0.1, 0.15) is 24.3 Å². The lowest BCUT2D eigenvalue weighted by atomic mass is 10.1. The van der Waals surface area contributed by atoms with Crippen LogP contribution in [0.3, 0.4) is 0 Å². The van der Waals surface area contributed by atoms with E-state index in [1.807, 2.05) is 31.2 Å². The van der Waals surface area contributed by atoms with Crippen molar-refractivity contribution in [2.75, 3.05) is 13.7 Å². The molecule has 0 spiro atoms. The second-order valence-corrected chi connectivity index (χ2v) is 4.00. The van der Waals surface area contributed by atoms with Crippen LogP contribution >= 0.6 is 0 Å². The Morgan fingerprint density at radius 2 is 2.11 bits per heavy atom. The third-order valence-electron chi connectivity index (χ3n) is 2.76. The van der Waals surface area contributed by atoms with Gasteiger partial charge < -0.3 is 14.6 Å². The molecule has 2 rings (SSSR count). The molecule has 1 atom stereocenters.